The minimum absolute atomic E-state index is 0.0564. The van der Waals surface area contributed by atoms with E-state index >= 15 is 0 Å². The highest BCUT2D eigenvalue weighted by Gasteiger charge is 2.36. The second-order valence-electron chi connectivity index (χ2n) is 5.37. The first kappa shape index (κ1) is 14.6. The Morgan fingerprint density at radius 3 is 2.20 bits per heavy atom. The second kappa shape index (κ2) is 5.60. The van der Waals surface area contributed by atoms with Gasteiger partial charge in [0.1, 0.15) is 0 Å². The predicted octanol–water partition coefficient (Wildman–Crippen LogP) is 3.07. The van der Waals surface area contributed by atoms with Crippen LogP contribution in [0, 0.1) is 10.1 Å². The summed E-state index contributed by atoms with van der Waals surface area (Å²) in [4.78, 5) is 9.82. The van der Waals surface area contributed by atoms with E-state index in [-0.39, 0.29) is 16.5 Å². The van der Waals surface area contributed by atoms with E-state index in [1.165, 1.54) is 0 Å². The monoisotopic (exact) mass is 233 g/mol. The molecule has 0 saturated carbocycles. The number of nitrogens with zero attached hydrogens (tertiary/aromatic N) is 1. The van der Waals surface area contributed by atoms with E-state index in [1.807, 2.05) is 0 Å². The van der Waals surface area contributed by atoms with Gasteiger partial charge >= 0.3 is 0 Å². The van der Waals surface area contributed by atoms with E-state index in [2.05, 4.69) is 33.9 Å². The summed E-state index contributed by atoms with van der Waals surface area (Å²) in [6.45, 7) is 11.7. The lowest BCUT2D eigenvalue weighted by Gasteiger charge is -2.36. The van der Waals surface area contributed by atoms with Crippen molar-refractivity contribution in [2.75, 3.05) is 13.2 Å². The molecule has 0 aliphatic carbocycles. The molecule has 0 fully saturated rings. The van der Waals surface area contributed by atoms with Gasteiger partial charge in [0.05, 0.1) is 0 Å². The average Bonchev–Trinajstić information content (AvgIpc) is 2.00. The zero-order valence-corrected chi connectivity index (χ0v) is 11.5. The number of hydrogen-bond acceptors (Lipinski definition) is 3. The molecule has 4 nitrogen and oxygen atoms in total. The van der Waals surface area contributed by atoms with Crippen molar-refractivity contribution in [2.45, 2.75) is 51.7 Å². The Morgan fingerprint density at radius 2 is 1.80 bits per heavy atom. The van der Waals surface area contributed by atoms with Gasteiger partial charge in [-0.25, -0.2) is 0 Å². The topological polar surface area (TPSA) is 52.4 Å². The Bertz CT molecular complexity index is 211. The smallest absolute Gasteiger partial charge is 0.204 e. The Balaban J connectivity index is 3.72. The maximum absolute atomic E-state index is 10.1. The van der Waals surface area contributed by atoms with Crippen molar-refractivity contribution >= 4 is 8.32 Å². The third-order valence-corrected chi connectivity index (χ3v) is 7.54. The van der Waals surface area contributed by atoms with Crippen LogP contribution in [0.25, 0.3) is 0 Å². The third-order valence-electron chi connectivity index (χ3n) is 3.00. The summed E-state index contributed by atoms with van der Waals surface area (Å²) < 4.78 is 5.89. The number of rotatable bonds is 6. The van der Waals surface area contributed by atoms with Crippen LogP contribution >= 0.6 is 0 Å². The molecule has 0 heterocycles. The standard InChI is InChI=1S/C10H23NO3Si/c1-10(2,3)15(4,5)14-9-7-6-8-11(12)13/h6-9H2,1-5H3. The van der Waals surface area contributed by atoms with Gasteiger partial charge in [0.15, 0.2) is 8.32 Å². The molecule has 0 radical (unpaired) electrons. The number of unbranched alkanes of at least 4 members (excludes halogenated alkanes) is 1. The summed E-state index contributed by atoms with van der Waals surface area (Å²) in [5, 5.41) is 10.3. The van der Waals surface area contributed by atoms with Crippen molar-refractivity contribution in [1.82, 2.24) is 0 Å². The largest absolute Gasteiger partial charge is 0.417 e. The van der Waals surface area contributed by atoms with Crippen LogP contribution in [0.1, 0.15) is 33.6 Å². The van der Waals surface area contributed by atoms with Gasteiger partial charge in [-0.3, -0.25) is 10.1 Å². The molecule has 0 N–H and O–H groups in total. The van der Waals surface area contributed by atoms with Gasteiger partial charge in [-0.15, -0.1) is 0 Å². The first-order valence-corrected chi connectivity index (χ1v) is 8.33. The first-order valence-electron chi connectivity index (χ1n) is 5.42. The molecule has 0 aromatic carbocycles. The molecule has 0 saturated heterocycles. The lowest BCUT2D eigenvalue weighted by Crippen LogP contribution is -2.41. The van der Waals surface area contributed by atoms with Gasteiger partial charge in [-0.05, 0) is 24.6 Å². The van der Waals surface area contributed by atoms with Crippen LogP contribution in [0.2, 0.25) is 18.1 Å². The van der Waals surface area contributed by atoms with Crippen molar-refractivity contribution < 1.29 is 9.35 Å². The minimum Gasteiger partial charge on any atom is -0.417 e. The van der Waals surface area contributed by atoms with Gasteiger partial charge in [0.25, 0.3) is 0 Å². The molecular formula is C10H23NO3Si. The molecule has 0 bridgehead atoms. The van der Waals surface area contributed by atoms with Gasteiger partial charge in [-0.1, -0.05) is 20.8 Å². The quantitative estimate of drug-likeness (QED) is 0.306. The lowest BCUT2D eigenvalue weighted by atomic mass is 10.2. The summed E-state index contributed by atoms with van der Waals surface area (Å²) in [7, 11) is -1.65. The SMILES string of the molecule is CC(C)(C)[Si](C)(C)OCCCC[N+](=O)[O-]. The van der Waals surface area contributed by atoms with Crippen LogP contribution in [0.5, 0.6) is 0 Å². The lowest BCUT2D eigenvalue weighted by molar-refractivity contribution is -0.480. The van der Waals surface area contributed by atoms with Crippen molar-refractivity contribution in [1.29, 1.82) is 0 Å². The molecule has 0 aromatic heterocycles. The molecule has 15 heavy (non-hydrogen) atoms. The Labute approximate surface area is 93.3 Å². The molecule has 0 aliphatic heterocycles. The molecule has 0 unspecified atom stereocenters. The fraction of sp³-hybridized carbons (Fsp3) is 1.00. The van der Waals surface area contributed by atoms with Crippen LogP contribution in [0.3, 0.4) is 0 Å². The summed E-state index contributed by atoms with van der Waals surface area (Å²) in [5.74, 6) is 0. The maximum atomic E-state index is 10.1. The molecule has 5 heteroatoms. The zero-order chi connectivity index (χ0) is 12.1. The molecule has 0 amide bonds. The van der Waals surface area contributed by atoms with E-state index in [4.69, 9.17) is 4.43 Å². The van der Waals surface area contributed by atoms with E-state index in [1.54, 1.807) is 0 Å². The molecular weight excluding hydrogens is 210 g/mol. The third kappa shape index (κ3) is 5.89. The van der Waals surface area contributed by atoms with E-state index in [0.29, 0.717) is 13.0 Å². The molecule has 0 atom stereocenters. The van der Waals surface area contributed by atoms with Crippen LogP contribution in [0.15, 0.2) is 0 Å². The van der Waals surface area contributed by atoms with Gasteiger partial charge in [0.2, 0.25) is 6.54 Å². The highest BCUT2D eigenvalue weighted by molar-refractivity contribution is 6.74. The number of nitro groups is 1. The summed E-state index contributed by atoms with van der Waals surface area (Å²) in [6, 6.07) is 0. The van der Waals surface area contributed by atoms with E-state index in [9.17, 15) is 10.1 Å². The van der Waals surface area contributed by atoms with Crippen LogP contribution in [0.4, 0.5) is 0 Å². The second-order valence-corrected chi connectivity index (χ2v) is 10.2. The maximum Gasteiger partial charge on any atom is 0.204 e. The van der Waals surface area contributed by atoms with Crippen molar-refractivity contribution in [3.63, 3.8) is 0 Å². The van der Waals surface area contributed by atoms with Crippen LogP contribution in [-0.4, -0.2) is 26.4 Å². The Kier molecular flexibility index (Phi) is 5.45. The van der Waals surface area contributed by atoms with E-state index < -0.39 is 8.32 Å². The van der Waals surface area contributed by atoms with Crippen molar-refractivity contribution in [3.8, 4) is 0 Å². The highest BCUT2D eigenvalue weighted by Crippen LogP contribution is 2.36. The summed E-state index contributed by atoms with van der Waals surface area (Å²) in [5.41, 5.74) is 0. The van der Waals surface area contributed by atoms with Crippen molar-refractivity contribution in [3.05, 3.63) is 10.1 Å². The van der Waals surface area contributed by atoms with Gasteiger partial charge in [-0.2, -0.15) is 0 Å². The molecule has 0 aromatic rings. The highest BCUT2D eigenvalue weighted by atomic mass is 28.4. The fourth-order valence-electron chi connectivity index (χ4n) is 0.887. The Morgan fingerprint density at radius 1 is 1.27 bits per heavy atom. The normalized spacial score (nSPS) is 12.9. The summed E-state index contributed by atoms with van der Waals surface area (Å²) >= 11 is 0. The van der Waals surface area contributed by atoms with Gasteiger partial charge in [0, 0.05) is 18.0 Å². The van der Waals surface area contributed by atoms with E-state index in [0.717, 1.165) is 6.42 Å². The molecule has 0 rings (SSSR count). The summed E-state index contributed by atoms with van der Waals surface area (Å²) in [6.07, 6.45) is 1.40. The predicted molar refractivity (Wildman–Crippen MR) is 64.2 cm³/mol. The first-order chi connectivity index (χ1) is 6.67. The minimum atomic E-state index is -1.65. The molecule has 0 spiro atoms. The van der Waals surface area contributed by atoms with Crippen LogP contribution < -0.4 is 0 Å². The number of hydrogen-bond donors (Lipinski definition) is 0. The molecule has 0 aliphatic rings. The zero-order valence-electron chi connectivity index (χ0n) is 10.5. The average molecular weight is 233 g/mol. The fourth-order valence-corrected chi connectivity index (χ4v) is 1.97. The van der Waals surface area contributed by atoms with Crippen LogP contribution in [-0.2, 0) is 4.43 Å². The van der Waals surface area contributed by atoms with Gasteiger partial charge < -0.3 is 4.43 Å². The van der Waals surface area contributed by atoms with Crippen molar-refractivity contribution in [2.24, 2.45) is 0 Å². The Hall–Kier alpha value is -0.423. The molecule has 90 valence electrons.